The summed E-state index contributed by atoms with van der Waals surface area (Å²) in [5, 5.41) is 5.78. The van der Waals surface area contributed by atoms with Crippen molar-refractivity contribution in [3.8, 4) is 0 Å². The Kier molecular flexibility index (Phi) is 4.76. The molecule has 0 aliphatic rings. The Morgan fingerprint density at radius 3 is 2.62 bits per heavy atom. The fourth-order valence-electron chi connectivity index (χ4n) is 2.10. The summed E-state index contributed by atoms with van der Waals surface area (Å²) in [5.41, 5.74) is 1.77. The van der Waals surface area contributed by atoms with E-state index in [1.54, 1.807) is 54.9 Å². The number of hydrogen-bond donors (Lipinski definition) is 2. The predicted octanol–water partition coefficient (Wildman–Crippen LogP) is 3.48. The number of benzene rings is 1. The summed E-state index contributed by atoms with van der Waals surface area (Å²) in [4.78, 5) is 20.1. The lowest BCUT2D eigenvalue weighted by atomic mass is 10.2. The minimum atomic E-state index is -0.275. The third kappa shape index (κ3) is 3.92. The van der Waals surface area contributed by atoms with E-state index >= 15 is 0 Å². The molecule has 0 aliphatic carbocycles. The molecule has 1 aromatic carbocycles. The minimum Gasteiger partial charge on any atom is -0.380 e. The molecule has 0 fully saturated rings. The van der Waals surface area contributed by atoms with Crippen molar-refractivity contribution in [2.24, 2.45) is 0 Å². The van der Waals surface area contributed by atoms with Crippen LogP contribution in [0.25, 0.3) is 0 Å². The molecule has 0 unspecified atom stereocenters. The first-order valence-corrected chi connectivity index (χ1v) is 7.37. The van der Waals surface area contributed by atoms with Gasteiger partial charge in [0.2, 0.25) is 0 Å². The highest BCUT2D eigenvalue weighted by Gasteiger charge is 2.06. The van der Waals surface area contributed by atoms with Crippen LogP contribution in [0.1, 0.15) is 15.9 Å². The number of nitrogens with zero attached hydrogens (tertiary/aromatic N) is 2. The van der Waals surface area contributed by atoms with E-state index in [-0.39, 0.29) is 11.7 Å². The number of carbonyl (C=O) groups excluding carboxylic acids is 1. The summed E-state index contributed by atoms with van der Waals surface area (Å²) in [5.74, 6) is -0.0960. The van der Waals surface area contributed by atoms with Crippen LogP contribution in [0.4, 0.5) is 15.9 Å². The molecular formula is C18H15FN4O. The van der Waals surface area contributed by atoms with Crippen molar-refractivity contribution in [2.75, 3.05) is 10.6 Å². The van der Waals surface area contributed by atoms with Crippen LogP contribution >= 0.6 is 0 Å². The quantitative estimate of drug-likeness (QED) is 0.755. The van der Waals surface area contributed by atoms with Crippen molar-refractivity contribution in [3.63, 3.8) is 0 Å². The van der Waals surface area contributed by atoms with E-state index in [1.165, 1.54) is 12.3 Å². The standard InChI is InChI=1S/C18H15FN4O/c19-16-6-2-1-4-13(16)11-21-15-7-8-17(22-12-15)23-18(24)14-5-3-9-20-10-14/h1-10,12,21H,11H2,(H,22,23,24). The van der Waals surface area contributed by atoms with E-state index in [4.69, 9.17) is 0 Å². The van der Waals surface area contributed by atoms with Gasteiger partial charge in [-0.25, -0.2) is 9.37 Å². The van der Waals surface area contributed by atoms with Gasteiger partial charge in [0, 0.05) is 24.5 Å². The Bertz CT molecular complexity index is 822. The zero-order valence-electron chi connectivity index (χ0n) is 12.7. The van der Waals surface area contributed by atoms with Crippen LogP contribution in [-0.2, 0) is 6.54 Å². The topological polar surface area (TPSA) is 66.9 Å². The van der Waals surface area contributed by atoms with Crippen LogP contribution in [0.3, 0.4) is 0 Å². The Morgan fingerprint density at radius 1 is 1.04 bits per heavy atom. The van der Waals surface area contributed by atoms with Crippen molar-refractivity contribution in [2.45, 2.75) is 6.54 Å². The number of carbonyl (C=O) groups is 1. The van der Waals surface area contributed by atoms with Crippen molar-refractivity contribution in [3.05, 3.63) is 84.1 Å². The average Bonchev–Trinajstić information content (AvgIpc) is 2.63. The monoisotopic (exact) mass is 322 g/mol. The zero-order valence-corrected chi connectivity index (χ0v) is 12.7. The largest absolute Gasteiger partial charge is 0.380 e. The molecule has 6 heteroatoms. The summed E-state index contributed by atoms with van der Waals surface area (Å²) in [6, 6.07) is 13.4. The van der Waals surface area contributed by atoms with Crippen molar-refractivity contribution in [1.82, 2.24) is 9.97 Å². The Morgan fingerprint density at radius 2 is 1.92 bits per heavy atom. The minimum absolute atomic E-state index is 0.252. The van der Waals surface area contributed by atoms with Crippen LogP contribution in [0.5, 0.6) is 0 Å². The van der Waals surface area contributed by atoms with Crippen LogP contribution < -0.4 is 10.6 Å². The fraction of sp³-hybridized carbons (Fsp3) is 0.0556. The van der Waals surface area contributed by atoms with Gasteiger partial charge in [0.25, 0.3) is 5.91 Å². The highest BCUT2D eigenvalue weighted by atomic mass is 19.1. The van der Waals surface area contributed by atoms with E-state index in [1.807, 2.05) is 0 Å². The summed E-state index contributed by atoms with van der Waals surface area (Å²) in [6.45, 7) is 0.357. The Balaban J connectivity index is 1.59. The van der Waals surface area contributed by atoms with E-state index in [2.05, 4.69) is 20.6 Å². The molecule has 0 aliphatic heterocycles. The second-order valence-corrected chi connectivity index (χ2v) is 5.07. The molecule has 2 N–H and O–H groups in total. The van der Waals surface area contributed by atoms with Gasteiger partial charge in [0.1, 0.15) is 11.6 Å². The van der Waals surface area contributed by atoms with Crippen LogP contribution in [-0.4, -0.2) is 15.9 Å². The van der Waals surface area contributed by atoms with Gasteiger partial charge >= 0.3 is 0 Å². The molecule has 5 nitrogen and oxygen atoms in total. The third-order valence-corrected chi connectivity index (χ3v) is 3.37. The molecule has 3 aromatic rings. The highest BCUT2D eigenvalue weighted by Crippen LogP contribution is 2.13. The predicted molar refractivity (Wildman–Crippen MR) is 90.2 cm³/mol. The summed E-state index contributed by atoms with van der Waals surface area (Å²) < 4.78 is 13.6. The maximum Gasteiger partial charge on any atom is 0.258 e. The molecule has 120 valence electrons. The van der Waals surface area contributed by atoms with Crippen LogP contribution in [0.2, 0.25) is 0 Å². The van der Waals surface area contributed by atoms with E-state index in [0.29, 0.717) is 23.5 Å². The molecule has 2 heterocycles. The normalized spacial score (nSPS) is 10.2. The molecule has 0 saturated carbocycles. The second kappa shape index (κ2) is 7.32. The number of aromatic nitrogens is 2. The molecule has 0 saturated heterocycles. The smallest absolute Gasteiger partial charge is 0.258 e. The number of hydrogen-bond acceptors (Lipinski definition) is 4. The van der Waals surface area contributed by atoms with Gasteiger partial charge in [-0.2, -0.15) is 0 Å². The second-order valence-electron chi connectivity index (χ2n) is 5.07. The molecular weight excluding hydrogens is 307 g/mol. The molecule has 0 radical (unpaired) electrons. The van der Waals surface area contributed by atoms with Crippen molar-refractivity contribution < 1.29 is 9.18 Å². The molecule has 3 rings (SSSR count). The molecule has 0 atom stereocenters. The molecule has 1 amide bonds. The number of nitrogens with one attached hydrogen (secondary N) is 2. The summed E-state index contributed by atoms with van der Waals surface area (Å²) in [7, 11) is 0. The highest BCUT2D eigenvalue weighted by molar-refractivity contribution is 6.03. The van der Waals surface area contributed by atoms with Crippen molar-refractivity contribution >= 4 is 17.4 Å². The summed E-state index contributed by atoms with van der Waals surface area (Å²) in [6.07, 6.45) is 4.67. The molecule has 24 heavy (non-hydrogen) atoms. The van der Waals surface area contributed by atoms with Crippen LogP contribution in [0.15, 0.2) is 67.1 Å². The first-order chi connectivity index (χ1) is 11.7. The maximum absolute atomic E-state index is 13.6. The molecule has 0 bridgehead atoms. The number of amides is 1. The van der Waals surface area contributed by atoms with Gasteiger partial charge in [-0.1, -0.05) is 18.2 Å². The number of pyridine rings is 2. The first-order valence-electron chi connectivity index (χ1n) is 7.37. The third-order valence-electron chi connectivity index (χ3n) is 3.37. The van der Waals surface area contributed by atoms with Crippen molar-refractivity contribution in [1.29, 1.82) is 0 Å². The van der Waals surface area contributed by atoms with Gasteiger partial charge in [0.05, 0.1) is 17.4 Å². The molecule has 2 aromatic heterocycles. The van der Waals surface area contributed by atoms with Crippen LogP contribution in [0, 0.1) is 5.82 Å². The lowest BCUT2D eigenvalue weighted by Crippen LogP contribution is -2.13. The van der Waals surface area contributed by atoms with Gasteiger partial charge in [-0.15, -0.1) is 0 Å². The first kappa shape index (κ1) is 15.6. The van der Waals surface area contributed by atoms with E-state index in [0.717, 1.165) is 5.69 Å². The number of anilines is 2. The number of rotatable bonds is 5. The zero-order chi connectivity index (χ0) is 16.8. The lowest BCUT2D eigenvalue weighted by Gasteiger charge is -2.08. The van der Waals surface area contributed by atoms with Gasteiger partial charge in [-0.05, 0) is 30.3 Å². The van der Waals surface area contributed by atoms with E-state index in [9.17, 15) is 9.18 Å². The average molecular weight is 322 g/mol. The molecule has 0 spiro atoms. The fourth-order valence-corrected chi connectivity index (χ4v) is 2.10. The maximum atomic E-state index is 13.6. The van der Waals surface area contributed by atoms with Gasteiger partial charge < -0.3 is 10.6 Å². The Hall–Kier alpha value is -3.28. The van der Waals surface area contributed by atoms with Gasteiger partial charge in [-0.3, -0.25) is 9.78 Å². The van der Waals surface area contributed by atoms with Gasteiger partial charge in [0.15, 0.2) is 0 Å². The van der Waals surface area contributed by atoms with E-state index < -0.39 is 0 Å². The summed E-state index contributed by atoms with van der Waals surface area (Å²) >= 11 is 0. The number of halogens is 1. The SMILES string of the molecule is O=C(Nc1ccc(NCc2ccccc2F)cn1)c1cccnc1. The Labute approximate surface area is 138 Å². The lowest BCUT2D eigenvalue weighted by molar-refractivity contribution is 0.102.